The Balaban J connectivity index is -0.00000000500. The van der Waals surface area contributed by atoms with Crippen molar-refractivity contribution in [2.24, 2.45) is 0 Å². The van der Waals surface area contributed by atoms with Gasteiger partial charge in [0, 0.05) is 17.4 Å². The van der Waals surface area contributed by atoms with Crippen LogP contribution in [0.25, 0.3) is 0 Å². The molecule has 0 aromatic rings. The Kier molecular flexibility index (Phi) is 238. The molecule has 0 aliphatic heterocycles. The summed E-state index contributed by atoms with van der Waals surface area (Å²) in [6.45, 7) is 0. The fourth-order valence-electron chi connectivity index (χ4n) is 0. The van der Waals surface area contributed by atoms with Crippen LogP contribution in [0.15, 0.2) is 0 Å². The summed E-state index contributed by atoms with van der Waals surface area (Å²) in [5.41, 5.74) is 0. The summed E-state index contributed by atoms with van der Waals surface area (Å²) < 4.78 is 8.28. The van der Waals surface area contributed by atoms with Gasteiger partial charge >= 0.3 is 20.0 Å². The molecule has 0 saturated carbocycles. The molecule has 0 aliphatic carbocycles. The SMILES string of the molecule is O.[Cr].[O]=[AlH]. The average molecular weight is 114 g/mol. The van der Waals surface area contributed by atoms with Crippen molar-refractivity contribution < 1.29 is 26.6 Å². The topological polar surface area (TPSA) is 48.6 Å². The van der Waals surface area contributed by atoms with Crippen LogP contribution in [-0.2, 0) is 21.2 Å². The van der Waals surface area contributed by atoms with Gasteiger partial charge in [0.2, 0.25) is 0 Å². The predicted octanol–water partition coefficient (Wildman–Crippen LogP) is -1.59. The third kappa shape index (κ3) is 13.8. The zero-order valence-corrected chi connectivity index (χ0v) is 4.71. The summed E-state index contributed by atoms with van der Waals surface area (Å²) in [6.07, 6.45) is 0. The molecule has 0 unspecified atom stereocenters. The van der Waals surface area contributed by atoms with Gasteiger partial charge in [-0.25, -0.2) is 0 Å². The molecule has 0 heterocycles. The molecule has 0 spiro atoms. The maximum absolute atomic E-state index is 8.28. The first-order valence-corrected chi connectivity index (χ1v) is 0.866. The fraction of sp³-hybridized carbons (Fsp3) is 0. The van der Waals surface area contributed by atoms with Gasteiger partial charge in [0.15, 0.2) is 0 Å². The zero-order valence-electron chi connectivity index (χ0n) is 2.02. The van der Waals surface area contributed by atoms with Crippen LogP contribution in [0.3, 0.4) is 0 Å². The van der Waals surface area contributed by atoms with Crippen molar-refractivity contribution in [1.29, 1.82) is 0 Å². The second-order valence-corrected chi connectivity index (χ2v) is 0. The minimum atomic E-state index is 0. The summed E-state index contributed by atoms with van der Waals surface area (Å²) >= 11 is 0.611. The van der Waals surface area contributed by atoms with Gasteiger partial charge in [-0.15, -0.1) is 0 Å². The van der Waals surface area contributed by atoms with Gasteiger partial charge in [0.05, 0.1) is 0 Å². The van der Waals surface area contributed by atoms with Crippen molar-refractivity contribution >= 4 is 16.2 Å². The number of hydrogen-bond donors (Lipinski definition) is 0. The molecular formula is H3AlCrO2. The predicted molar refractivity (Wildman–Crippen MR) is 11.4 cm³/mol. The van der Waals surface area contributed by atoms with Gasteiger partial charge in [0.25, 0.3) is 0 Å². The average Bonchev–Trinajstić information content (AvgIpc) is 1.00. The van der Waals surface area contributed by atoms with Crippen molar-refractivity contribution in [3.05, 3.63) is 0 Å². The maximum atomic E-state index is 8.28. The second kappa shape index (κ2) is 44.9. The first-order chi connectivity index (χ1) is 1.00. The molecule has 0 aromatic heterocycles. The summed E-state index contributed by atoms with van der Waals surface area (Å²) in [7, 11) is 0. The Morgan fingerprint density at radius 1 is 1.25 bits per heavy atom. The number of hydrogen-bond acceptors (Lipinski definition) is 1. The molecule has 4 heteroatoms. The van der Waals surface area contributed by atoms with Crippen molar-refractivity contribution in [3.63, 3.8) is 0 Å². The van der Waals surface area contributed by atoms with Gasteiger partial charge in [-0.2, -0.15) is 0 Å². The summed E-state index contributed by atoms with van der Waals surface area (Å²) in [6, 6.07) is 0. The monoisotopic (exact) mass is 114 g/mol. The van der Waals surface area contributed by atoms with Gasteiger partial charge in [-0.05, 0) is 0 Å². The fourth-order valence-corrected chi connectivity index (χ4v) is 0. The molecule has 0 rings (SSSR count). The van der Waals surface area contributed by atoms with Gasteiger partial charge in [-0.3, -0.25) is 0 Å². The Labute approximate surface area is 43.3 Å². The Bertz CT molecular complexity index is 6.00. The Morgan fingerprint density at radius 2 is 1.25 bits per heavy atom. The third-order valence-corrected chi connectivity index (χ3v) is 0. The van der Waals surface area contributed by atoms with E-state index in [0.29, 0.717) is 16.2 Å². The van der Waals surface area contributed by atoms with E-state index in [9.17, 15) is 0 Å². The van der Waals surface area contributed by atoms with Crippen LogP contribution in [0.1, 0.15) is 0 Å². The van der Waals surface area contributed by atoms with Gasteiger partial charge < -0.3 is 5.48 Å². The van der Waals surface area contributed by atoms with E-state index < -0.39 is 0 Å². The van der Waals surface area contributed by atoms with Crippen LogP contribution < -0.4 is 0 Å². The molecule has 0 saturated heterocycles. The molecule has 4 heavy (non-hydrogen) atoms. The Hall–Kier alpha value is 0.825. The standard InChI is InChI=1S/Al.Cr.H2O.O.H/h;;1H2;;. The first-order valence-electron chi connectivity index (χ1n) is 0.289. The van der Waals surface area contributed by atoms with E-state index in [1.165, 1.54) is 0 Å². The number of rotatable bonds is 0. The van der Waals surface area contributed by atoms with Crippen LogP contribution in [-0.4, -0.2) is 21.7 Å². The third-order valence-electron chi connectivity index (χ3n) is 0. The normalized spacial score (nSPS) is 0.750. The van der Waals surface area contributed by atoms with Crippen molar-refractivity contribution in [2.45, 2.75) is 0 Å². The van der Waals surface area contributed by atoms with Crippen LogP contribution in [0.4, 0.5) is 0 Å². The van der Waals surface area contributed by atoms with Crippen LogP contribution in [0.2, 0.25) is 0 Å². The van der Waals surface area contributed by atoms with Crippen LogP contribution in [0, 0.1) is 0 Å². The molecule has 24 valence electrons. The molecule has 0 aromatic carbocycles. The minimum absolute atomic E-state index is 0. The molecule has 0 aliphatic rings. The van der Waals surface area contributed by atoms with Crippen LogP contribution in [0.5, 0.6) is 0 Å². The molecular weight excluding hydrogens is 111 g/mol. The summed E-state index contributed by atoms with van der Waals surface area (Å²) in [5.74, 6) is 0. The molecule has 0 radical (unpaired) electrons. The van der Waals surface area contributed by atoms with Gasteiger partial charge in [0.1, 0.15) is 0 Å². The zero-order chi connectivity index (χ0) is 2.00. The van der Waals surface area contributed by atoms with E-state index in [2.05, 4.69) is 0 Å². The molecule has 0 atom stereocenters. The van der Waals surface area contributed by atoms with E-state index in [1.807, 2.05) is 0 Å². The molecule has 0 fully saturated rings. The quantitative estimate of drug-likeness (QED) is 0.350. The van der Waals surface area contributed by atoms with E-state index in [1.54, 1.807) is 0 Å². The molecule has 0 bridgehead atoms. The van der Waals surface area contributed by atoms with Crippen molar-refractivity contribution in [3.8, 4) is 0 Å². The summed E-state index contributed by atoms with van der Waals surface area (Å²) in [5, 5.41) is 0. The Morgan fingerprint density at radius 3 is 1.25 bits per heavy atom. The molecule has 2 N–H and O–H groups in total. The van der Waals surface area contributed by atoms with Crippen molar-refractivity contribution in [2.75, 3.05) is 0 Å². The van der Waals surface area contributed by atoms with E-state index in [4.69, 9.17) is 3.80 Å². The van der Waals surface area contributed by atoms with E-state index >= 15 is 0 Å². The summed E-state index contributed by atoms with van der Waals surface area (Å²) in [4.78, 5) is 0. The molecule has 2 nitrogen and oxygen atoms in total. The second-order valence-electron chi connectivity index (χ2n) is 0. The van der Waals surface area contributed by atoms with E-state index in [-0.39, 0.29) is 22.8 Å². The van der Waals surface area contributed by atoms with Crippen LogP contribution >= 0.6 is 0 Å². The van der Waals surface area contributed by atoms with Crippen molar-refractivity contribution in [1.82, 2.24) is 0 Å². The van der Waals surface area contributed by atoms with E-state index in [0.717, 1.165) is 0 Å². The first kappa shape index (κ1) is 21.2. The van der Waals surface area contributed by atoms with Gasteiger partial charge in [-0.1, -0.05) is 0 Å². The molecule has 0 amide bonds.